The molecule has 182 valence electrons. The Balaban J connectivity index is 1.24. The molecular formula is C25H33N5O3S. The summed E-state index contributed by atoms with van der Waals surface area (Å²) < 4.78 is 26.9. The first-order valence-electron chi connectivity index (χ1n) is 11.8. The molecule has 2 N–H and O–H groups in total. The fourth-order valence-electron chi connectivity index (χ4n) is 4.35. The van der Waals surface area contributed by atoms with E-state index in [0.717, 1.165) is 39.1 Å². The van der Waals surface area contributed by atoms with Crippen LogP contribution < -0.4 is 14.9 Å². The molecule has 4 rings (SSSR count). The van der Waals surface area contributed by atoms with E-state index in [2.05, 4.69) is 56.0 Å². The van der Waals surface area contributed by atoms with Crippen LogP contribution in [0.5, 0.6) is 0 Å². The first-order chi connectivity index (χ1) is 16.2. The van der Waals surface area contributed by atoms with Gasteiger partial charge in [-0.1, -0.05) is 24.3 Å². The maximum absolute atomic E-state index is 12.7. The number of fused-ring (bicyclic) bond motifs is 1. The van der Waals surface area contributed by atoms with Crippen molar-refractivity contribution >= 4 is 27.5 Å². The number of nitrogens with zero attached hydrogens (tertiary/aromatic N) is 3. The molecule has 0 saturated carbocycles. The van der Waals surface area contributed by atoms with Gasteiger partial charge in [-0.25, -0.2) is 8.42 Å². The Morgan fingerprint density at radius 2 is 1.82 bits per heavy atom. The number of hydrogen-bond acceptors (Lipinski definition) is 6. The first-order valence-corrected chi connectivity index (χ1v) is 13.3. The lowest BCUT2D eigenvalue weighted by Crippen LogP contribution is -2.48. The molecule has 2 aromatic carbocycles. The van der Waals surface area contributed by atoms with Crippen LogP contribution in [0.4, 0.5) is 5.69 Å². The number of benzene rings is 2. The van der Waals surface area contributed by atoms with Crippen LogP contribution in [0.2, 0.25) is 0 Å². The zero-order valence-corrected chi connectivity index (χ0v) is 20.8. The first kappa shape index (κ1) is 24.2. The summed E-state index contributed by atoms with van der Waals surface area (Å²) in [5.74, 6) is 0.00484. The van der Waals surface area contributed by atoms with Gasteiger partial charge in [-0.15, -0.1) is 0 Å². The third kappa shape index (κ3) is 5.59. The Labute approximate surface area is 202 Å². The van der Waals surface area contributed by atoms with Crippen molar-refractivity contribution in [3.8, 4) is 0 Å². The van der Waals surface area contributed by atoms with Crippen molar-refractivity contribution in [3.05, 3.63) is 59.7 Å². The van der Waals surface area contributed by atoms with E-state index in [1.807, 2.05) is 6.92 Å². The monoisotopic (exact) mass is 483 g/mol. The van der Waals surface area contributed by atoms with Gasteiger partial charge in [0.15, 0.2) is 0 Å². The van der Waals surface area contributed by atoms with E-state index >= 15 is 0 Å². The fourth-order valence-corrected chi connectivity index (χ4v) is 5.59. The Morgan fingerprint density at radius 3 is 2.56 bits per heavy atom. The number of amides is 1. The van der Waals surface area contributed by atoms with Crippen LogP contribution in [0.15, 0.2) is 58.4 Å². The predicted molar refractivity (Wildman–Crippen MR) is 135 cm³/mol. The number of carbonyl (C=O) groups excluding carboxylic acids is 1. The van der Waals surface area contributed by atoms with Crippen LogP contribution in [-0.4, -0.2) is 69.9 Å². The lowest BCUT2D eigenvalue weighted by Gasteiger charge is -2.36. The molecule has 2 aliphatic rings. The van der Waals surface area contributed by atoms with Crippen LogP contribution in [0, 0.1) is 6.92 Å². The summed E-state index contributed by atoms with van der Waals surface area (Å²) >= 11 is 0. The van der Waals surface area contributed by atoms with Crippen LogP contribution in [0.1, 0.15) is 31.4 Å². The van der Waals surface area contributed by atoms with Gasteiger partial charge in [0.1, 0.15) is 11.9 Å². The van der Waals surface area contributed by atoms with Gasteiger partial charge in [0.25, 0.3) is 10.0 Å². The Hall–Kier alpha value is -2.91. The highest BCUT2D eigenvalue weighted by molar-refractivity contribution is 7.90. The van der Waals surface area contributed by atoms with Crippen molar-refractivity contribution in [3.63, 3.8) is 0 Å². The molecule has 2 heterocycles. The summed E-state index contributed by atoms with van der Waals surface area (Å²) in [4.78, 5) is 22.1. The molecule has 1 unspecified atom stereocenters. The quantitative estimate of drug-likeness (QED) is 0.629. The van der Waals surface area contributed by atoms with Gasteiger partial charge in [0.05, 0.1) is 4.90 Å². The number of hydrogen-bond donors (Lipinski definition) is 2. The molecule has 0 spiro atoms. The van der Waals surface area contributed by atoms with E-state index in [-0.39, 0.29) is 22.7 Å². The average molecular weight is 484 g/mol. The number of piperazine rings is 1. The number of aryl methyl sites for hydroxylation is 1. The van der Waals surface area contributed by atoms with Gasteiger partial charge in [-0.3, -0.25) is 19.4 Å². The third-order valence-corrected chi connectivity index (χ3v) is 7.77. The molecule has 2 atom stereocenters. The highest BCUT2D eigenvalue weighted by atomic mass is 32.2. The Morgan fingerprint density at radius 1 is 1.09 bits per heavy atom. The third-order valence-electron chi connectivity index (χ3n) is 6.37. The van der Waals surface area contributed by atoms with Crippen molar-refractivity contribution < 1.29 is 13.2 Å². The van der Waals surface area contributed by atoms with Crippen LogP contribution in [0.25, 0.3) is 0 Å². The minimum Gasteiger partial charge on any atom is -0.369 e. The van der Waals surface area contributed by atoms with E-state index in [0.29, 0.717) is 5.56 Å². The summed E-state index contributed by atoms with van der Waals surface area (Å²) in [7, 11) is -3.62. The van der Waals surface area contributed by atoms with Gasteiger partial charge in [0.2, 0.25) is 5.91 Å². The minimum atomic E-state index is -3.62. The number of rotatable bonds is 7. The molecule has 0 bridgehead atoms. The summed E-state index contributed by atoms with van der Waals surface area (Å²) in [5.41, 5.74) is 3.06. The second-order valence-corrected chi connectivity index (χ2v) is 10.8. The maximum atomic E-state index is 12.7. The molecule has 1 fully saturated rings. The van der Waals surface area contributed by atoms with Crippen LogP contribution >= 0.6 is 0 Å². The molecule has 1 saturated heterocycles. The zero-order valence-electron chi connectivity index (χ0n) is 20.0. The smallest absolute Gasteiger partial charge is 0.263 e. The molecule has 1 amide bonds. The van der Waals surface area contributed by atoms with Gasteiger partial charge in [-0.05, 0) is 57.0 Å². The SMILES string of the molecule is Cc1cccc(N2CCN(CCC(C)NC(=O)[C@H](C)N=C3NS(=O)(=O)c4ccccc43)CC2)c1. The van der Waals surface area contributed by atoms with Crippen molar-refractivity contribution in [2.45, 2.75) is 44.2 Å². The van der Waals surface area contributed by atoms with Crippen LogP contribution in [-0.2, 0) is 14.8 Å². The molecule has 0 aromatic heterocycles. The zero-order chi connectivity index (χ0) is 24.3. The van der Waals surface area contributed by atoms with Gasteiger partial charge in [-0.2, -0.15) is 0 Å². The lowest BCUT2D eigenvalue weighted by atomic mass is 10.1. The largest absolute Gasteiger partial charge is 0.369 e. The number of carbonyl (C=O) groups is 1. The minimum absolute atomic E-state index is 0.00231. The van der Waals surface area contributed by atoms with E-state index in [1.165, 1.54) is 17.3 Å². The molecule has 9 heteroatoms. The fraction of sp³-hybridized carbons (Fsp3) is 0.440. The van der Waals surface area contributed by atoms with Gasteiger partial charge < -0.3 is 10.2 Å². The van der Waals surface area contributed by atoms with Crippen molar-refractivity contribution in [2.75, 3.05) is 37.6 Å². The summed E-state index contributed by atoms with van der Waals surface area (Å²) in [5, 5.41) is 3.02. The van der Waals surface area contributed by atoms with Gasteiger partial charge >= 0.3 is 0 Å². The molecular weight excluding hydrogens is 450 g/mol. The lowest BCUT2D eigenvalue weighted by molar-refractivity contribution is -0.122. The normalized spacial score (nSPS) is 20.4. The topological polar surface area (TPSA) is 94.1 Å². The number of sulfonamides is 1. The summed E-state index contributed by atoms with van der Waals surface area (Å²) in [6, 6.07) is 14.6. The van der Waals surface area contributed by atoms with E-state index in [9.17, 15) is 13.2 Å². The maximum Gasteiger partial charge on any atom is 0.263 e. The highest BCUT2D eigenvalue weighted by Gasteiger charge is 2.31. The summed E-state index contributed by atoms with van der Waals surface area (Å²) in [6.07, 6.45) is 0.842. The predicted octanol–water partition coefficient (Wildman–Crippen LogP) is 2.14. The molecule has 2 aromatic rings. The molecule has 8 nitrogen and oxygen atoms in total. The van der Waals surface area contributed by atoms with Gasteiger partial charge in [0, 0.05) is 50.0 Å². The van der Waals surface area contributed by atoms with Crippen LogP contribution in [0.3, 0.4) is 0 Å². The van der Waals surface area contributed by atoms with Crippen molar-refractivity contribution in [2.24, 2.45) is 4.99 Å². The highest BCUT2D eigenvalue weighted by Crippen LogP contribution is 2.22. The average Bonchev–Trinajstić information content (AvgIpc) is 3.08. The van der Waals surface area contributed by atoms with Crippen molar-refractivity contribution in [1.82, 2.24) is 14.9 Å². The van der Waals surface area contributed by atoms with E-state index in [4.69, 9.17) is 0 Å². The molecule has 0 aliphatic carbocycles. The standard InChI is InChI=1S/C25H33N5O3S/c1-18-7-6-8-21(17-18)30-15-13-29(14-16-30)12-11-19(2)26-25(31)20(3)27-24-22-9-4-5-10-23(22)34(32,33)28-24/h4-10,17,19-20H,11-16H2,1-3H3,(H,26,31)(H,27,28)/t19?,20-/m0/s1. The Kier molecular flexibility index (Phi) is 7.23. The second kappa shape index (κ2) is 10.1. The molecule has 34 heavy (non-hydrogen) atoms. The number of amidine groups is 1. The van der Waals surface area contributed by atoms with E-state index in [1.54, 1.807) is 25.1 Å². The summed E-state index contributed by atoms with van der Waals surface area (Å²) in [6.45, 7) is 10.7. The number of nitrogens with one attached hydrogen (secondary N) is 2. The Bertz CT molecular complexity index is 1170. The van der Waals surface area contributed by atoms with E-state index < -0.39 is 16.1 Å². The second-order valence-electron chi connectivity index (χ2n) is 9.12. The molecule has 2 aliphatic heterocycles. The molecule has 0 radical (unpaired) electrons. The number of anilines is 1. The number of aliphatic imine (C=N–C) groups is 1. The van der Waals surface area contributed by atoms with Crippen molar-refractivity contribution in [1.29, 1.82) is 0 Å².